The molecular formula is C12H15ClO. The summed E-state index contributed by atoms with van der Waals surface area (Å²) in [5.74, 6) is 0.389. The minimum atomic E-state index is 0.0695. The Kier molecular flexibility index (Phi) is 4.18. The SMILES string of the molecule is CC(C)/C(=C\CO)c1cccc(Cl)c1. The van der Waals surface area contributed by atoms with Crippen molar-refractivity contribution in [2.45, 2.75) is 13.8 Å². The van der Waals surface area contributed by atoms with E-state index in [4.69, 9.17) is 16.7 Å². The minimum absolute atomic E-state index is 0.0695. The zero-order valence-corrected chi connectivity index (χ0v) is 9.25. The van der Waals surface area contributed by atoms with E-state index < -0.39 is 0 Å². The Morgan fingerprint density at radius 1 is 1.50 bits per heavy atom. The maximum Gasteiger partial charge on any atom is 0.0618 e. The normalized spacial score (nSPS) is 12.2. The quantitative estimate of drug-likeness (QED) is 0.811. The maximum atomic E-state index is 8.91. The molecular weight excluding hydrogens is 196 g/mol. The number of hydrogen-bond donors (Lipinski definition) is 1. The molecule has 0 amide bonds. The Balaban J connectivity index is 3.06. The highest BCUT2D eigenvalue weighted by Gasteiger charge is 2.05. The summed E-state index contributed by atoms with van der Waals surface area (Å²) < 4.78 is 0. The number of halogens is 1. The second-order valence-electron chi connectivity index (χ2n) is 3.51. The van der Waals surface area contributed by atoms with Crippen LogP contribution >= 0.6 is 11.6 Å². The average molecular weight is 211 g/mol. The first-order valence-corrected chi connectivity index (χ1v) is 5.09. The summed E-state index contributed by atoms with van der Waals surface area (Å²) in [5.41, 5.74) is 2.22. The zero-order chi connectivity index (χ0) is 10.6. The van der Waals surface area contributed by atoms with Gasteiger partial charge >= 0.3 is 0 Å². The lowest BCUT2D eigenvalue weighted by Gasteiger charge is -2.11. The second kappa shape index (κ2) is 5.18. The van der Waals surface area contributed by atoms with Crippen LogP contribution in [0, 0.1) is 5.92 Å². The number of aliphatic hydroxyl groups excluding tert-OH is 1. The molecule has 1 aromatic rings. The topological polar surface area (TPSA) is 20.2 Å². The molecule has 76 valence electrons. The molecule has 0 saturated heterocycles. The highest BCUT2D eigenvalue weighted by Crippen LogP contribution is 2.24. The van der Waals surface area contributed by atoms with Gasteiger partial charge in [0.1, 0.15) is 0 Å². The first kappa shape index (κ1) is 11.3. The minimum Gasteiger partial charge on any atom is -0.392 e. The van der Waals surface area contributed by atoms with Gasteiger partial charge in [0.25, 0.3) is 0 Å². The van der Waals surface area contributed by atoms with Gasteiger partial charge < -0.3 is 5.11 Å². The van der Waals surface area contributed by atoms with Gasteiger partial charge in [0, 0.05) is 5.02 Å². The maximum absolute atomic E-state index is 8.91. The zero-order valence-electron chi connectivity index (χ0n) is 8.50. The summed E-state index contributed by atoms with van der Waals surface area (Å²) in [4.78, 5) is 0. The fourth-order valence-corrected chi connectivity index (χ4v) is 1.64. The van der Waals surface area contributed by atoms with E-state index in [1.54, 1.807) is 0 Å². The Morgan fingerprint density at radius 2 is 2.21 bits per heavy atom. The molecule has 0 saturated carbocycles. The van der Waals surface area contributed by atoms with Gasteiger partial charge in [-0.2, -0.15) is 0 Å². The second-order valence-corrected chi connectivity index (χ2v) is 3.94. The van der Waals surface area contributed by atoms with Crippen molar-refractivity contribution in [1.29, 1.82) is 0 Å². The van der Waals surface area contributed by atoms with Crippen molar-refractivity contribution in [3.05, 3.63) is 40.9 Å². The van der Waals surface area contributed by atoms with Gasteiger partial charge in [-0.25, -0.2) is 0 Å². The molecule has 1 rings (SSSR count). The van der Waals surface area contributed by atoms with Gasteiger partial charge in [-0.15, -0.1) is 0 Å². The lowest BCUT2D eigenvalue weighted by molar-refractivity contribution is 0.342. The van der Waals surface area contributed by atoms with Gasteiger partial charge in [-0.3, -0.25) is 0 Å². The van der Waals surface area contributed by atoms with Gasteiger partial charge in [0.15, 0.2) is 0 Å². The van der Waals surface area contributed by atoms with Crippen LogP contribution in [-0.4, -0.2) is 11.7 Å². The van der Waals surface area contributed by atoms with Crippen molar-refractivity contribution >= 4 is 17.2 Å². The monoisotopic (exact) mass is 210 g/mol. The van der Waals surface area contributed by atoms with Gasteiger partial charge in [-0.05, 0) is 29.2 Å². The first-order valence-electron chi connectivity index (χ1n) is 4.72. The van der Waals surface area contributed by atoms with Gasteiger partial charge in [0.2, 0.25) is 0 Å². The highest BCUT2D eigenvalue weighted by atomic mass is 35.5. The van der Waals surface area contributed by atoms with Crippen LogP contribution in [0.1, 0.15) is 19.4 Å². The summed E-state index contributed by atoms with van der Waals surface area (Å²) in [7, 11) is 0. The van der Waals surface area contributed by atoms with Crippen LogP contribution in [0.15, 0.2) is 30.3 Å². The van der Waals surface area contributed by atoms with Gasteiger partial charge in [-0.1, -0.05) is 43.7 Å². The van der Waals surface area contributed by atoms with Gasteiger partial charge in [0.05, 0.1) is 6.61 Å². The molecule has 0 heterocycles. The fourth-order valence-electron chi connectivity index (χ4n) is 1.45. The molecule has 0 unspecified atom stereocenters. The van der Waals surface area contributed by atoms with E-state index in [0.29, 0.717) is 5.92 Å². The predicted molar refractivity (Wildman–Crippen MR) is 61.4 cm³/mol. The number of hydrogen-bond acceptors (Lipinski definition) is 1. The largest absolute Gasteiger partial charge is 0.392 e. The van der Waals surface area contributed by atoms with Crippen LogP contribution < -0.4 is 0 Å². The molecule has 0 radical (unpaired) electrons. The summed E-state index contributed by atoms with van der Waals surface area (Å²) in [6.45, 7) is 4.27. The van der Waals surface area contributed by atoms with Crippen LogP contribution in [0.25, 0.3) is 5.57 Å². The van der Waals surface area contributed by atoms with E-state index in [1.165, 1.54) is 0 Å². The molecule has 1 N–H and O–H groups in total. The molecule has 1 aromatic carbocycles. The third kappa shape index (κ3) is 2.86. The molecule has 0 atom stereocenters. The first-order chi connectivity index (χ1) is 6.65. The molecule has 2 heteroatoms. The predicted octanol–water partition coefficient (Wildman–Crippen LogP) is 3.37. The summed E-state index contributed by atoms with van der Waals surface area (Å²) in [6, 6.07) is 7.70. The van der Waals surface area contributed by atoms with E-state index in [-0.39, 0.29) is 6.61 Å². The van der Waals surface area contributed by atoms with Crippen LogP contribution in [-0.2, 0) is 0 Å². The summed E-state index contributed by atoms with van der Waals surface area (Å²) in [6.07, 6.45) is 1.83. The van der Waals surface area contributed by atoms with Crippen molar-refractivity contribution in [2.75, 3.05) is 6.61 Å². The van der Waals surface area contributed by atoms with E-state index in [1.807, 2.05) is 30.3 Å². The molecule has 0 spiro atoms. The molecule has 0 fully saturated rings. The Labute approximate surface area is 90.0 Å². The van der Waals surface area contributed by atoms with E-state index in [2.05, 4.69) is 13.8 Å². The number of aliphatic hydroxyl groups is 1. The Bertz CT molecular complexity index is 329. The summed E-state index contributed by atoms with van der Waals surface area (Å²) >= 11 is 5.90. The smallest absolute Gasteiger partial charge is 0.0618 e. The summed E-state index contributed by atoms with van der Waals surface area (Å²) in [5, 5.41) is 9.64. The standard InChI is InChI=1S/C12H15ClO/c1-9(2)12(6-7-14)10-4-3-5-11(13)8-10/h3-6,8-9,14H,7H2,1-2H3/b12-6+. The highest BCUT2D eigenvalue weighted by molar-refractivity contribution is 6.30. The van der Waals surface area contributed by atoms with Crippen LogP contribution in [0.3, 0.4) is 0 Å². The van der Waals surface area contributed by atoms with E-state index in [0.717, 1.165) is 16.2 Å². The molecule has 1 nitrogen and oxygen atoms in total. The fraction of sp³-hybridized carbons (Fsp3) is 0.333. The Morgan fingerprint density at radius 3 is 2.71 bits per heavy atom. The van der Waals surface area contributed by atoms with Crippen molar-refractivity contribution in [1.82, 2.24) is 0 Å². The molecule has 0 aliphatic heterocycles. The molecule has 14 heavy (non-hydrogen) atoms. The van der Waals surface area contributed by atoms with Crippen molar-refractivity contribution in [3.8, 4) is 0 Å². The van der Waals surface area contributed by atoms with E-state index >= 15 is 0 Å². The van der Waals surface area contributed by atoms with Crippen molar-refractivity contribution < 1.29 is 5.11 Å². The lowest BCUT2D eigenvalue weighted by atomic mass is 9.95. The molecule has 0 aliphatic rings. The third-order valence-electron chi connectivity index (χ3n) is 2.09. The molecule has 0 aromatic heterocycles. The van der Waals surface area contributed by atoms with Crippen LogP contribution in [0.2, 0.25) is 5.02 Å². The third-order valence-corrected chi connectivity index (χ3v) is 2.33. The molecule has 0 bridgehead atoms. The van der Waals surface area contributed by atoms with Crippen LogP contribution in [0.5, 0.6) is 0 Å². The number of rotatable bonds is 3. The number of benzene rings is 1. The van der Waals surface area contributed by atoms with E-state index in [9.17, 15) is 0 Å². The lowest BCUT2D eigenvalue weighted by Crippen LogP contribution is -1.95. The average Bonchev–Trinajstić information content (AvgIpc) is 2.13. The Hall–Kier alpha value is -0.790. The van der Waals surface area contributed by atoms with Crippen LogP contribution in [0.4, 0.5) is 0 Å². The number of allylic oxidation sites excluding steroid dienone is 1. The molecule has 0 aliphatic carbocycles. The van der Waals surface area contributed by atoms with Crippen molar-refractivity contribution in [2.24, 2.45) is 5.92 Å². The van der Waals surface area contributed by atoms with Crippen molar-refractivity contribution in [3.63, 3.8) is 0 Å².